The Morgan fingerprint density at radius 1 is 1.17 bits per heavy atom. The lowest BCUT2D eigenvalue weighted by Gasteiger charge is -2.49. The van der Waals surface area contributed by atoms with Gasteiger partial charge in [-0.1, -0.05) is 23.7 Å². The summed E-state index contributed by atoms with van der Waals surface area (Å²) in [5.74, 6) is -0.171. The van der Waals surface area contributed by atoms with Gasteiger partial charge in [0.15, 0.2) is 15.6 Å². The van der Waals surface area contributed by atoms with E-state index in [1.54, 1.807) is 0 Å². The van der Waals surface area contributed by atoms with Crippen LogP contribution in [0.5, 0.6) is 0 Å². The minimum Gasteiger partial charge on any atom is -0.298 e. The van der Waals surface area contributed by atoms with Gasteiger partial charge in [0.1, 0.15) is 5.25 Å². The number of ketones is 1. The largest absolute Gasteiger partial charge is 0.298 e. The summed E-state index contributed by atoms with van der Waals surface area (Å²) >= 11 is 5.98. The van der Waals surface area contributed by atoms with Crippen molar-refractivity contribution in [3.8, 4) is 0 Å². The number of halogens is 2. The van der Waals surface area contributed by atoms with E-state index in [4.69, 9.17) is 11.6 Å². The average molecular weight is 390 g/mol. The van der Waals surface area contributed by atoms with Crippen molar-refractivity contribution in [1.29, 1.82) is 0 Å². The molecule has 0 aliphatic carbocycles. The van der Waals surface area contributed by atoms with Gasteiger partial charge in [-0.2, -0.15) is 0 Å². The second-order valence-electron chi connectivity index (χ2n) is 7.14. The van der Waals surface area contributed by atoms with Crippen molar-refractivity contribution in [3.05, 3.63) is 34.9 Å². The number of Topliss-reactive ketones (excluding diaryl/α,β-unsaturated/α-hetero) is 1. The highest BCUT2D eigenvalue weighted by Crippen LogP contribution is 2.50. The van der Waals surface area contributed by atoms with Gasteiger partial charge in [-0.25, -0.2) is 8.42 Å². The summed E-state index contributed by atoms with van der Waals surface area (Å²) in [6, 6.07) is 8.28. The summed E-state index contributed by atoms with van der Waals surface area (Å²) < 4.78 is 24.2. The Labute approximate surface area is 153 Å². The number of piperidine rings is 2. The Hall–Kier alpha value is -0.620. The fourth-order valence-corrected chi connectivity index (χ4v) is 6.03. The Balaban J connectivity index is 0.00000169. The molecule has 0 saturated carbocycles. The molecule has 3 fully saturated rings. The molecule has 1 aromatic rings. The molecule has 6 atom stereocenters. The van der Waals surface area contributed by atoms with Crippen molar-refractivity contribution in [2.45, 2.75) is 42.5 Å². The third-order valence-corrected chi connectivity index (χ3v) is 7.57. The molecule has 1 aromatic carbocycles. The van der Waals surface area contributed by atoms with Crippen LogP contribution in [0.15, 0.2) is 24.3 Å². The molecular formula is C17H21Cl2NO3S. The van der Waals surface area contributed by atoms with Gasteiger partial charge in [-0.15, -0.1) is 12.4 Å². The van der Waals surface area contributed by atoms with Crippen molar-refractivity contribution in [3.63, 3.8) is 0 Å². The number of sulfone groups is 1. The van der Waals surface area contributed by atoms with Gasteiger partial charge in [0.05, 0.1) is 0 Å². The van der Waals surface area contributed by atoms with Gasteiger partial charge in [-0.3, -0.25) is 9.69 Å². The molecule has 0 amide bonds. The van der Waals surface area contributed by atoms with Crippen LogP contribution in [0.25, 0.3) is 0 Å². The van der Waals surface area contributed by atoms with Gasteiger partial charge in [0, 0.05) is 35.8 Å². The molecule has 4 unspecified atom stereocenters. The zero-order valence-corrected chi connectivity index (χ0v) is 15.8. The van der Waals surface area contributed by atoms with E-state index in [-0.39, 0.29) is 36.1 Å². The van der Waals surface area contributed by atoms with E-state index < -0.39 is 15.1 Å². The zero-order chi connectivity index (χ0) is 16.4. The number of hydrogen-bond donors (Lipinski definition) is 0. The van der Waals surface area contributed by atoms with E-state index in [0.29, 0.717) is 17.6 Å². The lowest BCUT2D eigenvalue weighted by Crippen LogP contribution is -2.62. The molecule has 3 heterocycles. The molecule has 0 N–H and O–H groups in total. The van der Waals surface area contributed by atoms with Crippen LogP contribution in [0.1, 0.15) is 30.7 Å². The Kier molecular flexibility index (Phi) is 4.75. The maximum atomic E-state index is 13.0. The molecule has 24 heavy (non-hydrogen) atoms. The summed E-state index contributed by atoms with van der Waals surface area (Å²) in [5, 5.41) is -0.183. The third-order valence-electron chi connectivity index (χ3n) is 5.90. The summed E-state index contributed by atoms with van der Waals surface area (Å²) in [6.45, 7) is 0.386. The fourth-order valence-electron chi connectivity index (χ4n) is 4.88. The SMILES string of the molecule is CS(=O)(=O)C1CN2C3CC[C@@H]2C[C@H](c2ccc(Cl)cc2)C3C1=O.Cl. The lowest BCUT2D eigenvalue weighted by atomic mass is 9.71. The monoisotopic (exact) mass is 389 g/mol. The van der Waals surface area contributed by atoms with E-state index >= 15 is 0 Å². The number of carbonyl (C=O) groups excluding carboxylic acids is 1. The Morgan fingerprint density at radius 3 is 2.46 bits per heavy atom. The van der Waals surface area contributed by atoms with Gasteiger partial charge in [0.25, 0.3) is 0 Å². The number of carbonyl (C=O) groups is 1. The molecule has 132 valence electrons. The van der Waals surface area contributed by atoms with Crippen molar-refractivity contribution in [1.82, 2.24) is 4.90 Å². The molecule has 7 heteroatoms. The van der Waals surface area contributed by atoms with Crippen molar-refractivity contribution in [2.75, 3.05) is 12.8 Å². The van der Waals surface area contributed by atoms with Crippen LogP contribution >= 0.6 is 24.0 Å². The second-order valence-corrected chi connectivity index (χ2v) is 9.80. The van der Waals surface area contributed by atoms with Crippen molar-refractivity contribution >= 4 is 39.6 Å². The van der Waals surface area contributed by atoms with Gasteiger partial charge >= 0.3 is 0 Å². The van der Waals surface area contributed by atoms with E-state index in [0.717, 1.165) is 24.8 Å². The van der Waals surface area contributed by atoms with Gasteiger partial charge < -0.3 is 0 Å². The molecule has 0 spiro atoms. The highest BCUT2D eigenvalue weighted by molar-refractivity contribution is 7.92. The summed E-state index contributed by atoms with van der Waals surface area (Å²) in [4.78, 5) is 15.3. The number of rotatable bonds is 2. The first-order valence-corrected chi connectivity index (χ1v) is 10.4. The normalized spacial score (nSPS) is 37.8. The highest BCUT2D eigenvalue weighted by atomic mass is 35.5. The number of benzene rings is 1. The first-order valence-electron chi connectivity index (χ1n) is 8.10. The molecule has 4 bridgehead atoms. The molecule has 3 aliphatic heterocycles. The highest BCUT2D eigenvalue weighted by Gasteiger charge is 2.57. The molecule has 0 radical (unpaired) electrons. The van der Waals surface area contributed by atoms with Gasteiger partial charge in [0.2, 0.25) is 0 Å². The van der Waals surface area contributed by atoms with Crippen molar-refractivity contribution < 1.29 is 13.2 Å². The molecule has 3 saturated heterocycles. The van der Waals surface area contributed by atoms with Crippen LogP contribution in [0.4, 0.5) is 0 Å². The van der Waals surface area contributed by atoms with Crippen LogP contribution in [-0.2, 0) is 14.6 Å². The molecule has 0 aromatic heterocycles. The van der Waals surface area contributed by atoms with Crippen LogP contribution < -0.4 is 0 Å². The molecular weight excluding hydrogens is 369 g/mol. The van der Waals surface area contributed by atoms with E-state index in [2.05, 4.69) is 4.90 Å². The predicted octanol–water partition coefficient (Wildman–Crippen LogP) is 2.69. The maximum Gasteiger partial charge on any atom is 0.158 e. The Morgan fingerprint density at radius 2 is 1.83 bits per heavy atom. The van der Waals surface area contributed by atoms with Crippen molar-refractivity contribution in [2.24, 2.45) is 5.92 Å². The summed E-state index contributed by atoms with van der Waals surface area (Å²) in [6.07, 6.45) is 4.19. The zero-order valence-electron chi connectivity index (χ0n) is 13.4. The minimum atomic E-state index is -3.36. The first-order chi connectivity index (χ1) is 10.9. The average Bonchev–Trinajstić information content (AvgIpc) is 2.75. The summed E-state index contributed by atoms with van der Waals surface area (Å²) in [5.41, 5.74) is 1.11. The molecule has 4 nitrogen and oxygen atoms in total. The van der Waals surface area contributed by atoms with E-state index in [1.165, 1.54) is 6.26 Å². The number of hydrogen-bond acceptors (Lipinski definition) is 4. The van der Waals surface area contributed by atoms with E-state index in [9.17, 15) is 13.2 Å². The quantitative estimate of drug-likeness (QED) is 0.779. The smallest absolute Gasteiger partial charge is 0.158 e. The van der Waals surface area contributed by atoms with Gasteiger partial charge in [-0.05, 0) is 42.9 Å². The summed E-state index contributed by atoms with van der Waals surface area (Å²) in [7, 11) is -3.36. The van der Waals surface area contributed by atoms with Crippen LogP contribution in [0, 0.1) is 5.92 Å². The second kappa shape index (κ2) is 6.27. The lowest BCUT2D eigenvalue weighted by molar-refractivity contribution is -0.132. The third kappa shape index (κ3) is 2.79. The number of nitrogens with zero attached hydrogens (tertiary/aromatic N) is 1. The Bertz CT molecular complexity index is 750. The van der Waals surface area contributed by atoms with E-state index in [1.807, 2.05) is 24.3 Å². The maximum absolute atomic E-state index is 13.0. The predicted molar refractivity (Wildman–Crippen MR) is 96.7 cm³/mol. The fraction of sp³-hybridized carbons (Fsp3) is 0.588. The minimum absolute atomic E-state index is 0. The first kappa shape index (κ1) is 18.2. The van der Waals surface area contributed by atoms with Crippen LogP contribution in [0.3, 0.4) is 0 Å². The standard InChI is InChI=1S/C17H20ClNO3S.ClH/c1-23(21,22)15-9-19-12-6-7-14(19)16(17(15)20)13(8-12)10-2-4-11(18)5-3-10;/h2-5,12-16H,6-9H2,1H3;1H/t12-,13-,14?,15?,16?;/m1./s1. The van der Waals surface area contributed by atoms with Crippen LogP contribution in [0.2, 0.25) is 5.02 Å². The molecule has 3 aliphatic rings. The molecule has 4 rings (SSSR count). The topological polar surface area (TPSA) is 54.5 Å². The van der Waals surface area contributed by atoms with Crippen LogP contribution in [-0.4, -0.2) is 49.2 Å².